The molecule has 1 aliphatic rings. The number of carboxylic acids is 1. The highest BCUT2D eigenvalue weighted by molar-refractivity contribution is 5.89. The molecule has 16 heavy (non-hydrogen) atoms. The molecule has 7 nitrogen and oxygen atoms in total. The molecule has 0 aromatic heterocycles. The lowest BCUT2D eigenvalue weighted by Crippen LogP contribution is -2.54. The molecule has 0 bridgehead atoms. The summed E-state index contributed by atoms with van der Waals surface area (Å²) in [5, 5.41) is 15.8. The van der Waals surface area contributed by atoms with E-state index in [1.54, 1.807) is 0 Å². The molecule has 0 aliphatic carbocycles. The van der Waals surface area contributed by atoms with Gasteiger partial charge in [0.1, 0.15) is 12.1 Å². The van der Waals surface area contributed by atoms with E-state index in [2.05, 4.69) is 16.0 Å². The molecule has 0 saturated carbocycles. The first-order chi connectivity index (χ1) is 7.50. The van der Waals surface area contributed by atoms with E-state index < -0.39 is 24.1 Å². The summed E-state index contributed by atoms with van der Waals surface area (Å²) >= 11 is 0. The number of rotatable bonds is 3. The summed E-state index contributed by atoms with van der Waals surface area (Å²) < 4.78 is 0. The van der Waals surface area contributed by atoms with Gasteiger partial charge in [0.2, 0.25) is 5.91 Å². The number of carboxylic acid groups (broad SMARTS) is 1. The van der Waals surface area contributed by atoms with Gasteiger partial charge < -0.3 is 21.1 Å². The number of piperidine rings is 1. The maximum Gasteiger partial charge on any atom is 0.325 e. The Balaban J connectivity index is 2.38. The lowest BCUT2D eigenvalue weighted by atomic mass is 10.1. The Morgan fingerprint density at radius 3 is 2.81 bits per heavy atom. The maximum absolute atomic E-state index is 11.3. The molecule has 4 N–H and O–H groups in total. The van der Waals surface area contributed by atoms with Crippen LogP contribution in [0.3, 0.4) is 0 Å². The van der Waals surface area contributed by atoms with Crippen molar-refractivity contribution in [2.75, 3.05) is 6.54 Å². The fourth-order valence-corrected chi connectivity index (χ4v) is 1.37. The maximum atomic E-state index is 11.3. The van der Waals surface area contributed by atoms with Crippen molar-refractivity contribution in [1.82, 2.24) is 16.0 Å². The van der Waals surface area contributed by atoms with Crippen LogP contribution in [0.5, 0.6) is 0 Å². The number of carbonyl (C=O) groups excluding carboxylic acids is 2. The fourth-order valence-electron chi connectivity index (χ4n) is 1.37. The summed E-state index contributed by atoms with van der Waals surface area (Å²) in [6, 6.07) is -2.20. The van der Waals surface area contributed by atoms with Gasteiger partial charge in [-0.25, -0.2) is 4.79 Å². The highest BCUT2D eigenvalue weighted by atomic mass is 16.4. The zero-order chi connectivity index (χ0) is 12.1. The van der Waals surface area contributed by atoms with E-state index in [-0.39, 0.29) is 5.91 Å². The third kappa shape index (κ3) is 3.41. The smallest absolute Gasteiger partial charge is 0.325 e. The molecule has 0 aromatic rings. The molecule has 1 saturated heterocycles. The summed E-state index contributed by atoms with van der Waals surface area (Å²) in [4.78, 5) is 33.1. The van der Waals surface area contributed by atoms with Crippen LogP contribution >= 0.6 is 0 Å². The van der Waals surface area contributed by atoms with E-state index in [4.69, 9.17) is 5.11 Å². The van der Waals surface area contributed by atoms with Crippen LogP contribution in [0, 0.1) is 0 Å². The van der Waals surface area contributed by atoms with Gasteiger partial charge in [-0.1, -0.05) is 0 Å². The molecule has 0 aromatic carbocycles. The summed E-state index contributed by atoms with van der Waals surface area (Å²) in [5.74, 6) is -1.35. The molecule has 1 unspecified atom stereocenters. The predicted octanol–water partition coefficient (Wildman–Crippen LogP) is -0.963. The van der Waals surface area contributed by atoms with Crippen LogP contribution in [0.15, 0.2) is 0 Å². The SMILES string of the molecule is C[C@@H](NC(=O)NC1CCCNC1=O)C(=O)O. The van der Waals surface area contributed by atoms with E-state index >= 15 is 0 Å². The largest absolute Gasteiger partial charge is 0.480 e. The molecular formula is C9H15N3O4. The first-order valence-electron chi connectivity index (χ1n) is 5.08. The summed E-state index contributed by atoms with van der Waals surface area (Å²) in [6.45, 7) is 1.97. The van der Waals surface area contributed by atoms with Crippen LogP contribution < -0.4 is 16.0 Å². The lowest BCUT2D eigenvalue weighted by molar-refractivity contribution is -0.138. The zero-order valence-electron chi connectivity index (χ0n) is 8.95. The second kappa shape index (κ2) is 5.34. The van der Waals surface area contributed by atoms with Crippen LogP contribution in [0.1, 0.15) is 19.8 Å². The van der Waals surface area contributed by atoms with Gasteiger partial charge in [0.05, 0.1) is 0 Å². The first kappa shape index (κ1) is 12.3. The third-order valence-electron chi connectivity index (χ3n) is 2.31. The average molecular weight is 229 g/mol. The second-order valence-electron chi connectivity index (χ2n) is 3.66. The normalized spacial score (nSPS) is 21.8. The van der Waals surface area contributed by atoms with Gasteiger partial charge in [-0.15, -0.1) is 0 Å². The number of hydrogen-bond donors (Lipinski definition) is 4. The molecule has 0 spiro atoms. The van der Waals surface area contributed by atoms with Crippen molar-refractivity contribution in [3.63, 3.8) is 0 Å². The van der Waals surface area contributed by atoms with Crippen LogP contribution in [0.4, 0.5) is 4.79 Å². The van der Waals surface area contributed by atoms with Crippen molar-refractivity contribution in [3.8, 4) is 0 Å². The van der Waals surface area contributed by atoms with Crippen LogP contribution in [-0.4, -0.2) is 41.6 Å². The molecule has 1 heterocycles. The molecule has 1 aliphatic heterocycles. The number of urea groups is 1. The molecular weight excluding hydrogens is 214 g/mol. The van der Waals surface area contributed by atoms with E-state index in [1.165, 1.54) is 6.92 Å². The van der Waals surface area contributed by atoms with Crippen LogP contribution in [-0.2, 0) is 9.59 Å². The fraction of sp³-hybridized carbons (Fsp3) is 0.667. The van der Waals surface area contributed by atoms with Gasteiger partial charge in [0, 0.05) is 6.54 Å². The van der Waals surface area contributed by atoms with Gasteiger partial charge in [0.25, 0.3) is 0 Å². The van der Waals surface area contributed by atoms with Crippen molar-refractivity contribution in [3.05, 3.63) is 0 Å². The Hall–Kier alpha value is -1.79. The highest BCUT2D eigenvalue weighted by Gasteiger charge is 2.24. The summed E-state index contributed by atoms with van der Waals surface area (Å²) in [5.41, 5.74) is 0. The molecule has 1 rings (SSSR count). The number of amides is 3. The Kier molecular flexibility index (Phi) is 4.10. The van der Waals surface area contributed by atoms with Crippen LogP contribution in [0.25, 0.3) is 0 Å². The van der Waals surface area contributed by atoms with Gasteiger partial charge in [-0.2, -0.15) is 0 Å². The number of carbonyl (C=O) groups is 3. The minimum absolute atomic E-state index is 0.232. The zero-order valence-corrected chi connectivity index (χ0v) is 8.95. The van der Waals surface area contributed by atoms with Gasteiger partial charge >= 0.3 is 12.0 Å². The molecule has 1 fully saturated rings. The van der Waals surface area contributed by atoms with Gasteiger partial charge in [-0.05, 0) is 19.8 Å². The minimum Gasteiger partial charge on any atom is -0.480 e. The number of nitrogens with one attached hydrogen (secondary N) is 3. The molecule has 0 radical (unpaired) electrons. The average Bonchev–Trinajstić information content (AvgIpc) is 2.21. The minimum atomic E-state index is -1.12. The third-order valence-corrected chi connectivity index (χ3v) is 2.31. The number of hydrogen-bond acceptors (Lipinski definition) is 3. The molecule has 3 amide bonds. The Bertz CT molecular complexity index is 305. The van der Waals surface area contributed by atoms with Gasteiger partial charge in [-0.3, -0.25) is 9.59 Å². The first-order valence-corrected chi connectivity index (χ1v) is 5.08. The highest BCUT2D eigenvalue weighted by Crippen LogP contribution is 2.02. The molecule has 2 atom stereocenters. The standard InChI is InChI=1S/C9H15N3O4/c1-5(8(14)15)11-9(16)12-6-3-2-4-10-7(6)13/h5-6H,2-4H2,1H3,(H,10,13)(H,14,15)(H2,11,12,16)/t5-,6?/m1/s1. The van der Waals surface area contributed by atoms with Crippen molar-refractivity contribution in [1.29, 1.82) is 0 Å². The van der Waals surface area contributed by atoms with Crippen molar-refractivity contribution in [2.45, 2.75) is 31.8 Å². The van der Waals surface area contributed by atoms with Crippen molar-refractivity contribution < 1.29 is 19.5 Å². The van der Waals surface area contributed by atoms with Crippen molar-refractivity contribution >= 4 is 17.9 Å². The van der Waals surface area contributed by atoms with Crippen molar-refractivity contribution in [2.24, 2.45) is 0 Å². The quantitative estimate of drug-likeness (QED) is 0.499. The van der Waals surface area contributed by atoms with Gasteiger partial charge in [0.15, 0.2) is 0 Å². The Morgan fingerprint density at radius 1 is 1.56 bits per heavy atom. The lowest BCUT2D eigenvalue weighted by Gasteiger charge is -2.23. The molecule has 7 heteroatoms. The Morgan fingerprint density at radius 2 is 2.25 bits per heavy atom. The molecule has 90 valence electrons. The summed E-state index contributed by atoms with van der Waals surface area (Å²) in [6.07, 6.45) is 1.37. The predicted molar refractivity (Wildman–Crippen MR) is 54.8 cm³/mol. The Labute approximate surface area is 92.6 Å². The van der Waals surface area contributed by atoms with E-state index in [0.717, 1.165) is 6.42 Å². The summed E-state index contributed by atoms with van der Waals surface area (Å²) in [7, 11) is 0. The topological polar surface area (TPSA) is 108 Å². The van der Waals surface area contributed by atoms with E-state index in [0.29, 0.717) is 13.0 Å². The van der Waals surface area contributed by atoms with Crippen LogP contribution in [0.2, 0.25) is 0 Å². The second-order valence-corrected chi connectivity index (χ2v) is 3.66. The van der Waals surface area contributed by atoms with E-state index in [9.17, 15) is 14.4 Å². The monoisotopic (exact) mass is 229 g/mol. The number of aliphatic carboxylic acids is 1. The van der Waals surface area contributed by atoms with E-state index in [1.807, 2.05) is 0 Å².